The number of carbonyl (C=O) groups excluding carboxylic acids is 1. The van der Waals surface area contributed by atoms with Crippen molar-refractivity contribution < 1.29 is 14.7 Å². The second-order valence-electron chi connectivity index (χ2n) is 8.65. The molecule has 0 aliphatic heterocycles. The second-order valence-corrected chi connectivity index (χ2v) is 8.65. The Bertz CT molecular complexity index is 669. The Labute approximate surface area is 143 Å². The summed E-state index contributed by atoms with van der Waals surface area (Å²) in [6.07, 6.45) is 15.0. The minimum Gasteiger partial charge on any atom is -0.480 e. The summed E-state index contributed by atoms with van der Waals surface area (Å²) in [6.45, 7) is 2.14. The molecular weight excluding hydrogens is 300 g/mol. The van der Waals surface area contributed by atoms with Gasteiger partial charge in [0.2, 0.25) is 0 Å². The van der Waals surface area contributed by atoms with Gasteiger partial charge in [-0.15, -0.1) is 6.42 Å². The van der Waals surface area contributed by atoms with Gasteiger partial charge in [0, 0.05) is 6.42 Å². The van der Waals surface area contributed by atoms with Crippen LogP contribution in [-0.4, -0.2) is 16.9 Å². The summed E-state index contributed by atoms with van der Waals surface area (Å²) in [6, 6.07) is 0. The Morgan fingerprint density at radius 2 is 2.00 bits per heavy atom. The van der Waals surface area contributed by atoms with Crippen molar-refractivity contribution in [2.75, 3.05) is 0 Å². The van der Waals surface area contributed by atoms with Crippen molar-refractivity contribution in [1.29, 1.82) is 0 Å². The van der Waals surface area contributed by atoms with Crippen molar-refractivity contribution in [1.82, 2.24) is 0 Å². The van der Waals surface area contributed by atoms with Crippen molar-refractivity contribution in [3.63, 3.8) is 0 Å². The summed E-state index contributed by atoms with van der Waals surface area (Å²) in [4.78, 5) is 23.8. The lowest BCUT2D eigenvalue weighted by atomic mass is 9.49. The summed E-state index contributed by atoms with van der Waals surface area (Å²) >= 11 is 0. The van der Waals surface area contributed by atoms with Crippen molar-refractivity contribution >= 4 is 11.8 Å². The Hall–Kier alpha value is -1.56. The lowest BCUT2D eigenvalue weighted by Crippen LogP contribution is -2.51. The molecule has 0 aromatic carbocycles. The number of carboxylic acid groups (broad SMARTS) is 1. The summed E-state index contributed by atoms with van der Waals surface area (Å²) < 4.78 is 0. The summed E-state index contributed by atoms with van der Waals surface area (Å²) in [5.41, 5.74) is 0.109. The molecule has 0 aromatic rings. The first-order valence-electron chi connectivity index (χ1n) is 9.37. The topological polar surface area (TPSA) is 54.4 Å². The number of rotatable bonds is 1. The number of carbonyl (C=O) groups is 2. The SMILES string of the molecule is C#C[C@@]1(C(=O)O)CCC2C3CCC4=CC(=O)CCC4C3CC[C@]21C. The van der Waals surface area contributed by atoms with Gasteiger partial charge < -0.3 is 5.11 Å². The van der Waals surface area contributed by atoms with Gasteiger partial charge in [-0.2, -0.15) is 0 Å². The van der Waals surface area contributed by atoms with E-state index in [0.29, 0.717) is 42.3 Å². The van der Waals surface area contributed by atoms with Gasteiger partial charge in [-0.3, -0.25) is 9.59 Å². The van der Waals surface area contributed by atoms with Gasteiger partial charge in [0.1, 0.15) is 5.41 Å². The normalized spacial score (nSPS) is 47.0. The highest BCUT2D eigenvalue weighted by atomic mass is 16.4. The largest absolute Gasteiger partial charge is 0.480 e. The molecule has 3 heteroatoms. The molecule has 24 heavy (non-hydrogen) atoms. The van der Waals surface area contributed by atoms with Gasteiger partial charge in [-0.05, 0) is 80.1 Å². The standard InChI is InChI=1S/C21H26O3/c1-3-21(19(23)24)11-9-18-17-6-4-13-12-14(22)5-7-15(13)16(17)8-10-20(18,21)2/h1,12,15-18H,4-11H2,2H3,(H,23,24)/t15?,16?,17?,18?,20-,21+/m1/s1. The van der Waals surface area contributed by atoms with Crippen molar-refractivity contribution in [2.45, 2.75) is 58.3 Å². The first-order valence-corrected chi connectivity index (χ1v) is 9.37. The highest BCUT2D eigenvalue weighted by molar-refractivity contribution is 5.91. The molecule has 3 nitrogen and oxygen atoms in total. The highest BCUT2D eigenvalue weighted by Crippen LogP contribution is 2.67. The van der Waals surface area contributed by atoms with Gasteiger partial charge in [0.15, 0.2) is 5.78 Å². The molecule has 0 radical (unpaired) electrons. The van der Waals surface area contributed by atoms with Crippen LogP contribution in [0.5, 0.6) is 0 Å². The number of allylic oxidation sites excluding steroid dienone is 1. The molecule has 4 aliphatic rings. The fraction of sp³-hybridized carbons (Fsp3) is 0.714. The van der Waals surface area contributed by atoms with E-state index in [-0.39, 0.29) is 5.41 Å². The summed E-state index contributed by atoms with van der Waals surface area (Å²) in [5.74, 6) is 4.38. The van der Waals surface area contributed by atoms with E-state index in [1.807, 2.05) is 6.08 Å². The first-order chi connectivity index (χ1) is 11.4. The van der Waals surface area contributed by atoms with Crippen LogP contribution < -0.4 is 0 Å². The van der Waals surface area contributed by atoms with Crippen LogP contribution in [0, 0.1) is 46.8 Å². The van der Waals surface area contributed by atoms with Crippen molar-refractivity contribution in [3.05, 3.63) is 11.6 Å². The zero-order chi connectivity index (χ0) is 17.1. The number of aliphatic carboxylic acids is 1. The van der Waals surface area contributed by atoms with Gasteiger partial charge in [-0.1, -0.05) is 18.4 Å². The zero-order valence-corrected chi connectivity index (χ0v) is 14.4. The molecule has 3 saturated carbocycles. The molecule has 0 amide bonds. The quantitative estimate of drug-likeness (QED) is 0.745. The summed E-state index contributed by atoms with van der Waals surface area (Å²) in [5, 5.41) is 9.89. The predicted octanol–water partition coefficient (Wildman–Crippen LogP) is 3.83. The molecule has 0 aromatic heterocycles. The van der Waals surface area contributed by atoms with Crippen LogP contribution >= 0.6 is 0 Å². The number of ketones is 1. The van der Waals surface area contributed by atoms with Crippen LogP contribution in [0.2, 0.25) is 0 Å². The average molecular weight is 326 g/mol. The van der Waals surface area contributed by atoms with Crippen molar-refractivity contribution in [3.8, 4) is 12.3 Å². The first kappa shape index (κ1) is 15.9. The third-order valence-electron chi connectivity index (χ3n) is 8.11. The lowest BCUT2D eigenvalue weighted by Gasteiger charge is -2.55. The molecule has 4 unspecified atom stereocenters. The van der Waals surface area contributed by atoms with Crippen molar-refractivity contribution in [2.24, 2.45) is 34.5 Å². The monoisotopic (exact) mass is 326 g/mol. The van der Waals surface area contributed by atoms with E-state index in [1.54, 1.807) is 0 Å². The molecule has 128 valence electrons. The Morgan fingerprint density at radius 3 is 2.71 bits per heavy atom. The molecular formula is C21H26O3. The van der Waals surface area contributed by atoms with Crippen LogP contribution in [0.25, 0.3) is 0 Å². The van der Waals surface area contributed by atoms with Crippen LogP contribution in [0.4, 0.5) is 0 Å². The molecule has 0 spiro atoms. The van der Waals surface area contributed by atoms with E-state index in [1.165, 1.54) is 5.57 Å². The molecule has 1 N–H and O–H groups in total. The fourth-order valence-electron chi connectivity index (χ4n) is 6.87. The van der Waals surface area contributed by atoms with E-state index in [4.69, 9.17) is 6.42 Å². The average Bonchev–Trinajstić information content (AvgIpc) is 2.87. The third kappa shape index (κ3) is 1.86. The van der Waals surface area contributed by atoms with Gasteiger partial charge in [0.05, 0.1) is 0 Å². The van der Waals surface area contributed by atoms with Crippen LogP contribution in [0.1, 0.15) is 58.3 Å². The van der Waals surface area contributed by atoms with E-state index in [0.717, 1.165) is 38.5 Å². The Morgan fingerprint density at radius 1 is 1.21 bits per heavy atom. The number of terminal acetylenes is 1. The van der Waals surface area contributed by atoms with E-state index < -0.39 is 11.4 Å². The maximum Gasteiger partial charge on any atom is 0.322 e. The van der Waals surface area contributed by atoms with Crippen LogP contribution in [0.3, 0.4) is 0 Å². The maximum absolute atomic E-state index is 12.0. The number of hydrogen-bond acceptors (Lipinski definition) is 2. The molecule has 0 heterocycles. The molecule has 0 bridgehead atoms. The maximum atomic E-state index is 12.0. The fourth-order valence-corrected chi connectivity index (χ4v) is 6.87. The van der Waals surface area contributed by atoms with Crippen LogP contribution in [0.15, 0.2) is 11.6 Å². The third-order valence-corrected chi connectivity index (χ3v) is 8.11. The predicted molar refractivity (Wildman–Crippen MR) is 91.0 cm³/mol. The van der Waals surface area contributed by atoms with E-state index in [9.17, 15) is 14.7 Å². The van der Waals surface area contributed by atoms with E-state index >= 15 is 0 Å². The van der Waals surface area contributed by atoms with E-state index in [2.05, 4.69) is 12.8 Å². The number of fused-ring (bicyclic) bond motifs is 5. The number of carboxylic acids is 1. The molecule has 4 aliphatic carbocycles. The lowest BCUT2D eigenvalue weighted by molar-refractivity contribution is -0.155. The smallest absolute Gasteiger partial charge is 0.322 e. The number of hydrogen-bond donors (Lipinski definition) is 1. The minimum atomic E-state index is -0.985. The molecule has 4 rings (SSSR count). The molecule has 6 atom stereocenters. The Kier molecular flexibility index (Phi) is 3.46. The molecule has 0 saturated heterocycles. The minimum absolute atomic E-state index is 0.277. The second kappa shape index (κ2) is 5.22. The summed E-state index contributed by atoms with van der Waals surface area (Å²) in [7, 11) is 0. The van der Waals surface area contributed by atoms with Gasteiger partial charge in [0.25, 0.3) is 0 Å². The Balaban J connectivity index is 1.68. The van der Waals surface area contributed by atoms with Gasteiger partial charge in [-0.25, -0.2) is 0 Å². The van der Waals surface area contributed by atoms with Gasteiger partial charge >= 0.3 is 5.97 Å². The zero-order valence-electron chi connectivity index (χ0n) is 14.4. The van der Waals surface area contributed by atoms with Crippen LogP contribution in [-0.2, 0) is 9.59 Å². The highest BCUT2D eigenvalue weighted by Gasteiger charge is 2.65. The molecule has 3 fully saturated rings.